The summed E-state index contributed by atoms with van der Waals surface area (Å²) in [6.07, 6.45) is -4.40. The number of rotatable bonds is 6. The van der Waals surface area contributed by atoms with E-state index in [1.165, 1.54) is 6.07 Å². The Morgan fingerprint density at radius 3 is 2.38 bits per heavy atom. The number of alkyl halides is 3. The lowest BCUT2D eigenvalue weighted by Gasteiger charge is -2.12. The molecule has 0 amide bonds. The molecule has 5 nitrogen and oxygen atoms in total. The van der Waals surface area contributed by atoms with Gasteiger partial charge in [-0.1, -0.05) is 18.2 Å². The summed E-state index contributed by atoms with van der Waals surface area (Å²) in [6.45, 7) is -1.27. The van der Waals surface area contributed by atoms with E-state index in [0.717, 1.165) is 0 Å². The van der Waals surface area contributed by atoms with Gasteiger partial charge in [0.05, 0.1) is 13.7 Å². The molecule has 0 heterocycles. The van der Waals surface area contributed by atoms with Crippen molar-refractivity contribution in [2.45, 2.75) is 12.7 Å². The van der Waals surface area contributed by atoms with Gasteiger partial charge < -0.3 is 20.5 Å². The smallest absolute Gasteiger partial charge is 0.422 e. The Morgan fingerprint density at radius 1 is 1.12 bits per heavy atom. The second-order valence-electron chi connectivity index (χ2n) is 5.07. The van der Waals surface area contributed by atoms with Crippen LogP contribution in [0.25, 0.3) is 0 Å². The molecule has 142 valence electrons. The van der Waals surface area contributed by atoms with E-state index in [9.17, 15) is 13.2 Å². The lowest BCUT2D eigenvalue weighted by molar-refractivity contribution is -0.153. The monoisotopic (exact) mass is 481 g/mol. The predicted molar refractivity (Wildman–Crippen MR) is 105 cm³/mol. The molecule has 0 aliphatic rings. The van der Waals surface area contributed by atoms with Crippen molar-refractivity contribution in [1.29, 1.82) is 0 Å². The maximum Gasteiger partial charge on any atom is 0.422 e. The molecular formula is C17H19F3IN3O2. The van der Waals surface area contributed by atoms with Gasteiger partial charge in [-0.25, -0.2) is 4.99 Å². The molecule has 0 aliphatic carbocycles. The van der Waals surface area contributed by atoms with Gasteiger partial charge in [0.25, 0.3) is 0 Å². The number of ether oxygens (including phenoxy) is 2. The molecule has 0 aliphatic heterocycles. The summed E-state index contributed by atoms with van der Waals surface area (Å²) in [4.78, 5) is 4.13. The Labute approximate surface area is 166 Å². The van der Waals surface area contributed by atoms with Gasteiger partial charge in [0.2, 0.25) is 0 Å². The maximum absolute atomic E-state index is 12.3. The first-order valence-corrected chi connectivity index (χ1v) is 7.36. The van der Waals surface area contributed by atoms with E-state index in [4.69, 9.17) is 15.2 Å². The average molecular weight is 481 g/mol. The highest BCUT2D eigenvalue weighted by atomic mass is 127. The maximum atomic E-state index is 12.3. The van der Waals surface area contributed by atoms with Crippen LogP contribution in [0.5, 0.6) is 11.5 Å². The highest BCUT2D eigenvalue weighted by Crippen LogP contribution is 2.23. The molecule has 0 atom stereocenters. The summed E-state index contributed by atoms with van der Waals surface area (Å²) in [5, 5.41) is 2.89. The number of nitrogens with one attached hydrogen (secondary N) is 1. The Kier molecular flexibility index (Phi) is 8.49. The standard InChI is InChI=1S/C17H18F3N3O2.HI/c1-24-14-8-6-13(7-9-14)23-16(21)22-10-12-4-2-3-5-15(12)25-11-17(18,19)20;/h2-9H,10-11H2,1H3,(H3,21,22,23);1H. The minimum atomic E-state index is -4.40. The summed E-state index contributed by atoms with van der Waals surface area (Å²) in [6, 6.07) is 13.4. The average Bonchev–Trinajstić information content (AvgIpc) is 2.59. The van der Waals surface area contributed by atoms with Crippen LogP contribution in [-0.4, -0.2) is 25.9 Å². The first kappa shape index (κ1) is 21.9. The lowest BCUT2D eigenvalue weighted by Crippen LogP contribution is -2.22. The molecule has 0 aromatic heterocycles. The molecule has 3 N–H and O–H groups in total. The van der Waals surface area contributed by atoms with Gasteiger partial charge in [-0.2, -0.15) is 13.2 Å². The summed E-state index contributed by atoms with van der Waals surface area (Å²) < 4.78 is 46.7. The minimum absolute atomic E-state index is 0. The first-order valence-electron chi connectivity index (χ1n) is 7.36. The first-order chi connectivity index (χ1) is 11.9. The van der Waals surface area contributed by atoms with Crippen molar-refractivity contribution in [2.24, 2.45) is 10.7 Å². The molecule has 0 fully saturated rings. The van der Waals surface area contributed by atoms with Gasteiger partial charge >= 0.3 is 6.18 Å². The molecule has 0 unspecified atom stereocenters. The number of para-hydroxylation sites is 1. The Bertz CT molecular complexity index is 722. The van der Waals surface area contributed by atoms with E-state index < -0.39 is 12.8 Å². The zero-order valence-corrected chi connectivity index (χ0v) is 16.2. The van der Waals surface area contributed by atoms with Gasteiger partial charge in [0.1, 0.15) is 11.5 Å². The highest BCUT2D eigenvalue weighted by molar-refractivity contribution is 14.0. The zero-order valence-electron chi connectivity index (χ0n) is 13.9. The lowest BCUT2D eigenvalue weighted by atomic mass is 10.2. The quantitative estimate of drug-likeness (QED) is 0.369. The number of methoxy groups -OCH3 is 1. The van der Waals surface area contributed by atoms with Crippen molar-refractivity contribution < 1.29 is 22.6 Å². The number of benzene rings is 2. The number of aliphatic imine (C=N–C) groups is 1. The second-order valence-corrected chi connectivity index (χ2v) is 5.07. The van der Waals surface area contributed by atoms with E-state index in [1.807, 2.05) is 0 Å². The van der Waals surface area contributed by atoms with Crippen LogP contribution in [0.1, 0.15) is 5.56 Å². The van der Waals surface area contributed by atoms with Crippen LogP contribution in [0.15, 0.2) is 53.5 Å². The van der Waals surface area contributed by atoms with Crippen LogP contribution in [0.4, 0.5) is 18.9 Å². The van der Waals surface area contributed by atoms with Crippen LogP contribution in [0.2, 0.25) is 0 Å². The number of hydrogen-bond donors (Lipinski definition) is 2. The molecule has 0 bridgehead atoms. The fourth-order valence-corrected chi connectivity index (χ4v) is 1.97. The van der Waals surface area contributed by atoms with Crippen molar-refractivity contribution in [3.8, 4) is 11.5 Å². The van der Waals surface area contributed by atoms with Crippen LogP contribution in [0.3, 0.4) is 0 Å². The third-order valence-electron chi connectivity index (χ3n) is 3.15. The molecular weight excluding hydrogens is 462 g/mol. The van der Waals surface area contributed by atoms with E-state index in [-0.39, 0.29) is 42.2 Å². The summed E-state index contributed by atoms with van der Waals surface area (Å²) in [7, 11) is 1.57. The van der Waals surface area contributed by atoms with Crippen molar-refractivity contribution in [2.75, 3.05) is 19.0 Å². The van der Waals surface area contributed by atoms with E-state index >= 15 is 0 Å². The van der Waals surface area contributed by atoms with E-state index in [2.05, 4.69) is 10.3 Å². The van der Waals surface area contributed by atoms with E-state index in [0.29, 0.717) is 17.0 Å². The molecule has 0 saturated heterocycles. The normalized spacial score (nSPS) is 11.5. The molecule has 9 heteroatoms. The SMILES string of the molecule is COc1ccc(NC(N)=NCc2ccccc2OCC(F)(F)F)cc1.I. The third-order valence-corrected chi connectivity index (χ3v) is 3.15. The van der Waals surface area contributed by atoms with Crippen LogP contribution < -0.4 is 20.5 Å². The minimum Gasteiger partial charge on any atom is -0.497 e. The van der Waals surface area contributed by atoms with Crippen molar-refractivity contribution >= 4 is 35.6 Å². The number of nitrogens with zero attached hydrogens (tertiary/aromatic N) is 1. The Hall–Kier alpha value is -2.17. The number of anilines is 1. The number of hydrogen-bond acceptors (Lipinski definition) is 3. The third kappa shape index (κ3) is 7.38. The van der Waals surface area contributed by atoms with Crippen LogP contribution >= 0.6 is 24.0 Å². The summed E-state index contributed by atoms with van der Waals surface area (Å²) in [5.41, 5.74) is 7.02. The van der Waals surface area contributed by atoms with Gasteiger partial charge in [-0.15, -0.1) is 24.0 Å². The number of guanidine groups is 1. The largest absolute Gasteiger partial charge is 0.497 e. The predicted octanol–water partition coefficient (Wildman–Crippen LogP) is 4.18. The van der Waals surface area contributed by atoms with Crippen LogP contribution in [0, 0.1) is 0 Å². The Morgan fingerprint density at radius 2 is 1.77 bits per heavy atom. The van der Waals surface area contributed by atoms with Gasteiger partial charge in [0, 0.05) is 11.3 Å². The van der Waals surface area contributed by atoms with Crippen molar-refractivity contribution in [3.63, 3.8) is 0 Å². The van der Waals surface area contributed by atoms with Gasteiger partial charge in [-0.3, -0.25) is 0 Å². The topological polar surface area (TPSA) is 68.9 Å². The molecule has 0 radical (unpaired) electrons. The fourth-order valence-electron chi connectivity index (χ4n) is 1.97. The van der Waals surface area contributed by atoms with Crippen molar-refractivity contribution in [1.82, 2.24) is 0 Å². The number of nitrogens with two attached hydrogens (primary N) is 1. The number of halogens is 4. The molecule has 2 aromatic rings. The molecule has 0 saturated carbocycles. The van der Waals surface area contributed by atoms with Crippen LogP contribution in [-0.2, 0) is 6.54 Å². The molecule has 0 spiro atoms. The highest BCUT2D eigenvalue weighted by Gasteiger charge is 2.28. The summed E-state index contributed by atoms with van der Waals surface area (Å²) in [5.74, 6) is 0.966. The van der Waals surface area contributed by atoms with Gasteiger partial charge in [0.15, 0.2) is 12.6 Å². The van der Waals surface area contributed by atoms with Crippen molar-refractivity contribution in [3.05, 3.63) is 54.1 Å². The second kappa shape index (κ2) is 10.1. The fraction of sp³-hybridized carbons (Fsp3) is 0.235. The molecule has 26 heavy (non-hydrogen) atoms. The molecule has 2 aromatic carbocycles. The Balaban J connectivity index is 0.00000338. The van der Waals surface area contributed by atoms with Gasteiger partial charge in [-0.05, 0) is 30.3 Å². The van der Waals surface area contributed by atoms with E-state index in [1.54, 1.807) is 49.6 Å². The zero-order chi connectivity index (χ0) is 18.3. The summed E-state index contributed by atoms with van der Waals surface area (Å²) >= 11 is 0. The molecule has 2 rings (SSSR count).